The average molecular weight is 490 g/mol. The monoisotopic (exact) mass is 489 g/mol. The summed E-state index contributed by atoms with van der Waals surface area (Å²) in [5, 5.41) is 3.90. The number of benzene rings is 2. The molecule has 1 N–H and O–H groups in total. The van der Waals surface area contributed by atoms with E-state index in [0.29, 0.717) is 23.2 Å². The van der Waals surface area contributed by atoms with Crippen LogP contribution in [0.3, 0.4) is 0 Å². The van der Waals surface area contributed by atoms with Crippen LogP contribution in [-0.2, 0) is 17.9 Å². The highest BCUT2D eigenvalue weighted by atomic mass is 35.5. The molecule has 2 aliphatic rings. The van der Waals surface area contributed by atoms with Crippen LogP contribution in [0.15, 0.2) is 66.7 Å². The summed E-state index contributed by atoms with van der Waals surface area (Å²) in [5.74, 6) is 0.437. The minimum atomic E-state index is -1.06. The standard InChI is InChI=1S/C29H32ClN3O2/c1-20-12-14-23(15-13-20)31-28(35)29(2)19-32-25(21-8-4-3-5-9-21)16-17-26(32)27(34)33(29)18-22-10-6-7-11-24(22)30/h3-11,16-17,20,23H,12-15,18-19H2,1-2H3,(H,31,35)/t20?,23?,29-/m1/s1. The van der Waals surface area contributed by atoms with Gasteiger partial charge in [0, 0.05) is 23.3 Å². The summed E-state index contributed by atoms with van der Waals surface area (Å²) in [6.45, 7) is 4.81. The molecule has 182 valence electrons. The van der Waals surface area contributed by atoms with Crippen molar-refractivity contribution in [1.82, 2.24) is 14.8 Å². The molecule has 1 fully saturated rings. The van der Waals surface area contributed by atoms with E-state index in [-0.39, 0.29) is 24.4 Å². The van der Waals surface area contributed by atoms with Gasteiger partial charge >= 0.3 is 0 Å². The number of fused-ring (bicyclic) bond motifs is 1. The Kier molecular flexibility index (Phi) is 6.45. The zero-order valence-corrected chi connectivity index (χ0v) is 21.1. The second kappa shape index (κ2) is 9.54. The number of nitrogens with zero attached hydrogens (tertiary/aromatic N) is 2. The van der Waals surface area contributed by atoms with Crippen LogP contribution in [0, 0.1) is 5.92 Å². The summed E-state index contributed by atoms with van der Waals surface area (Å²) in [6.07, 6.45) is 4.19. The molecule has 1 aliphatic carbocycles. The molecule has 6 heteroatoms. The van der Waals surface area contributed by atoms with Crippen molar-refractivity contribution in [3.8, 4) is 11.3 Å². The van der Waals surface area contributed by atoms with Crippen molar-refractivity contribution in [2.75, 3.05) is 0 Å². The average Bonchev–Trinajstić information content (AvgIpc) is 3.28. The largest absolute Gasteiger partial charge is 0.351 e. The zero-order chi connectivity index (χ0) is 24.6. The van der Waals surface area contributed by atoms with Crippen LogP contribution in [0.25, 0.3) is 11.3 Å². The predicted molar refractivity (Wildman–Crippen MR) is 139 cm³/mol. The molecule has 1 aliphatic heterocycles. The lowest BCUT2D eigenvalue weighted by atomic mass is 9.86. The molecule has 0 saturated heterocycles. The summed E-state index contributed by atoms with van der Waals surface area (Å²) in [7, 11) is 0. The Morgan fingerprint density at radius 3 is 2.34 bits per heavy atom. The minimum absolute atomic E-state index is 0.101. The first-order chi connectivity index (χ1) is 16.9. The number of rotatable bonds is 5. The van der Waals surface area contributed by atoms with E-state index in [1.807, 2.05) is 78.2 Å². The van der Waals surface area contributed by atoms with Crippen LogP contribution >= 0.6 is 11.6 Å². The third-order valence-electron chi connectivity index (χ3n) is 7.70. The number of halogens is 1. The molecule has 0 radical (unpaired) electrons. The first-order valence-corrected chi connectivity index (χ1v) is 12.9. The molecule has 1 atom stereocenters. The molecule has 5 rings (SSSR count). The van der Waals surface area contributed by atoms with E-state index in [1.54, 1.807) is 4.90 Å². The lowest BCUT2D eigenvalue weighted by molar-refractivity contribution is -0.134. The van der Waals surface area contributed by atoms with E-state index < -0.39 is 5.54 Å². The molecule has 2 aromatic carbocycles. The molecule has 1 saturated carbocycles. The first kappa shape index (κ1) is 23.7. The van der Waals surface area contributed by atoms with Gasteiger partial charge in [-0.1, -0.05) is 67.1 Å². The van der Waals surface area contributed by atoms with Crippen molar-refractivity contribution in [3.05, 3.63) is 83.0 Å². The molecule has 0 spiro atoms. The van der Waals surface area contributed by atoms with Crippen LogP contribution in [0.4, 0.5) is 0 Å². The van der Waals surface area contributed by atoms with Gasteiger partial charge < -0.3 is 14.8 Å². The topological polar surface area (TPSA) is 54.3 Å². The molecular weight excluding hydrogens is 458 g/mol. The molecule has 0 bridgehead atoms. The van der Waals surface area contributed by atoms with Gasteiger partial charge in [0.25, 0.3) is 5.91 Å². The number of carbonyl (C=O) groups is 2. The maximum Gasteiger partial charge on any atom is 0.271 e. The van der Waals surface area contributed by atoms with E-state index in [1.165, 1.54) is 0 Å². The highest BCUT2D eigenvalue weighted by Crippen LogP contribution is 2.35. The SMILES string of the molecule is CC1CCC(NC(=O)[C@@]2(C)Cn3c(ccc3-c3ccccc3)C(=O)N2Cc2ccccc2Cl)CC1. The fourth-order valence-corrected chi connectivity index (χ4v) is 5.62. The van der Waals surface area contributed by atoms with Gasteiger partial charge in [-0.05, 0) is 67.9 Å². The van der Waals surface area contributed by atoms with Crippen molar-refractivity contribution >= 4 is 23.4 Å². The van der Waals surface area contributed by atoms with Crippen LogP contribution < -0.4 is 5.32 Å². The van der Waals surface area contributed by atoms with Gasteiger partial charge in [-0.25, -0.2) is 0 Å². The Balaban J connectivity index is 1.53. The number of carbonyl (C=O) groups excluding carboxylic acids is 2. The summed E-state index contributed by atoms with van der Waals surface area (Å²) in [6, 6.07) is 21.5. The molecular formula is C29H32ClN3O2. The second-order valence-electron chi connectivity index (χ2n) is 10.2. The Bertz CT molecular complexity index is 1230. The summed E-state index contributed by atoms with van der Waals surface area (Å²) in [4.78, 5) is 29.6. The van der Waals surface area contributed by atoms with E-state index in [9.17, 15) is 9.59 Å². The zero-order valence-electron chi connectivity index (χ0n) is 20.3. The van der Waals surface area contributed by atoms with Crippen molar-refractivity contribution in [1.29, 1.82) is 0 Å². The van der Waals surface area contributed by atoms with E-state index >= 15 is 0 Å². The van der Waals surface area contributed by atoms with Crippen molar-refractivity contribution in [2.24, 2.45) is 5.92 Å². The summed E-state index contributed by atoms with van der Waals surface area (Å²) in [5.41, 5.74) is 2.32. The van der Waals surface area contributed by atoms with Crippen LogP contribution in [0.1, 0.15) is 55.6 Å². The molecule has 35 heavy (non-hydrogen) atoms. The fraction of sp³-hybridized carbons (Fsp3) is 0.379. The van der Waals surface area contributed by atoms with Gasteiger partial charge in [0.2, 0.25) is 5.91 Å². The second-order valence-corrected chi connectivity index (χ2v) is 10.7. The van der Waals surface area contributed by atoms with Crippen LogP contribution in [-0.4, -0.2) is 32.9 Å². The maximum atomic E-state index is 13.9. The Morgan fingerprint density at radius 1 is 0.971 bits per heavy atom. The highest BCUT2D eigenvalue weighted by Gasteiger charge is 2.48. The Hall–Kier alpha value is -3.05. The molecule has 3 aromatic rings. The lowest BCUT2D eigenvalue weighted by Crippen LogP contribution is -2.64. The van der Waals surface area contributed by atoms with Crippen molar-refractivity contribution < 1.29 is 9.59 Å². The minimum Gasteiger partial charge on any atom is -0.351 e. The number of nitrogens with one attached hydrogen (secondary N) is 1. The van der Waals surface area contributed by atoms with Gasteiger partial charge in [0.15, 0.2) is 0 Å². The van der Waals surface area contributed by atoms with Gasteiger partial charge in [-0.3, -0.25) is 9.59 Å². The van der Waals surface area contributed by atoms with E-state index in [4.69, 9.17) is 11.6 Å². The third-order valence-corrected chi connectivity index (χ3v) is 8.07. The first-order valence-electron chi connectivity index (χ1n) is 12.5. The summed E-state index contributed by atoms with van der Waals surface area (Å²) >= 11 is 6.47. The molecule has 0 unspecified atom stereocenters. The lowest BCUT2D eigenvalue weighted by Gasteiger charge is -2.45. The number of hydrogen-bond acceptors (Lipinski definition) is 2. The van der Waals surface area contributed by atoms with Crippen molar-refractivity contribution in [3.63, 3.8) is 0 Å². The van der Waals surface area contributed by atoms with E-state index in [0.717, 1.165) is 42.5 Å². The fourth-order valence-electron chi connectivity index (χ4n) is 5.42. The Morgan fingerprint density at radius 2 is 1.63 bits per heavy atom. The van der Waals surface area contributed by atoms with E-state index in [2.05, 4.69) is 12.2 Å². The maximum absolute atomic E-state index is 13.9. The van der Waals surface area contributed by atoms with Crippen molar-refractivity contribution in [2.45, 2.75) is 64.2 Å². The Labute approximate surface area is 212 Å². The normalized spacial score (nSPS) is 24.2. The third kappa shape index (κ3) is 4.50. The molecule has 1 aromatic heterocycles. The van der Waals surface area contributed by atoms with Gasteiger partial charge in [-0.15, -0.1) is 0 Å². The predicted octanol–water partition coefficient (Wildman–Crippen LogP) is 5.92. The summed E-state index contributed by atoms with van der Waals surface area (Å²) < 4.78 is 2.00. The van der Waals surface area contributed by atoms with Crippen LogP contribution in [0.5, 0.6) is 0 Å². The van der Waals surface area contributed by atoms with Gasteiger partial charge in [0.05, 0.1) is 6.54 Å². The molecule has 2 amide bonds. The number of amides is 2. The number of hydrogen-bond donors (Lipinski definition) is 1. The highest BCUT2D eigenvalue weighted by molar-refractivity contribution is 6.31. The molecule has 5 nitrogen and oxygen atoms in total. The van der Waals surface area contributed by atoms with Gasteiger partial charge in [-0.2, -0.15) is 0 Å². The van der Waals surface area contributed by atoms with Gasteiger partial charge in [0.1, 0.15) is 11.2 Å². The number of aromatic nitrogens is 1. The quantitative estimate of drug-likeness (QED) is 0.483. The van der Waals surface area contributed by atoms with Crippen LogP contribution in [0.2, 0.25) is 5.02 Å². The smallest absolute Gasteiger partial charge is 0.271 e. The molecule has 2 heterocycles.